The van der Waals surface area contributed by atoms with E-state index in [0.29, 0.717) is 5.92 Å². The van der Waals surface area contributed by atoms with Crippen LogP contribution in [0, 0.1) is 5.92 Å². The number of nitrogens with zero attached hydrogens (tertiary/aromatic N) is 1. The lowest BCUT2D eigenvalue weighted by Gasteiger charge is -2.24. The van der Waals surface area contributed by atoms with Gasteiger partial charge in [0.2, 0.25) is 0 Å². The van der Waals surface area contributed by atoms with Crippen molar-refractivity contribution in [3.05, 3.63) is 34.3 Å². The molecule has 1 aliphatic rings. The molecular formula is C13H17BrI2N2. The normalized spacial score (nSPS) is 17.0. The van der Waals surface area contributed by atoms with E-state index in [2.05, 4.69) is 87.7 Å². The Morgan fingerprint density at radius 3 is 2.28 bits per heavy atom. The molecule has 0 aromatic heterocycles. The second-order valence-corrected chi connectivity index (χ2v) is 5.06. The highest BCUT2D eigenvalue weighted by molar-refractivity contribution is 15.0. The van der Waals surface area contributed by atoms with Gasteiger partial charge in [-0.2, -0.15) is 0 Å². The Morgan fingerprint density at radius 2 is 1.78 bits per heavy atom. The van der Waals surface area contributed by atoms with Crippen molar-refractivity contribution in [2.75, 3.05) is 20.1 Å². The van der Waals surface area contributed by atoms with Crippen LogP contribution in [0.5, 0.6) is 0 Å². The van der Waals surface area contributed by atoms with E-state index in [4.69, 9.17) is 0 Å². The summed E-state index contributed by atoms with van der Waals surface area (Å²) in [6.45, 7) is 2.22. The molecule has 1 heterocycles. The Hall–Kier alpha value is 0.790. The highest BCUT2D eigenvalue weighted by Crippen LogP contribution is 2.20. The quantitative estimate of drug-likeness (QED) is 0.434. The van der Waals surface area contributed by atoms with Crippen LogP contribution in [0.4, 0.5) is 0 Å². The Bertz CT molecular complexity index is 373. The first-order valence-corrected chi connectivity index (χ1v) is 13.0. The van der Waals surface area contributed by atoms with Gasteiger partial charge in [0.05, 0.1) is 0 Å². The third-order valence-electron chi connectivity index (χ3n) is 3.11. The van der Waals surface area contributed by atoms with Gasteiger partial charge in [-0.3, -0.25) is 4.99 Å². The third-order valence-corrected chi connectivity index (χ3v) is 3.64. The molecule has 0 atom stereocenters. The summed E-state index contributed by atoms with van der Waals surface area (Å²) in [4.78, 5) is 4.49. The zero-order valence-electron chi connectivity index (χ0n) is 10.3. The van der Waals surface area contributed by atoms with Crippen molar-refractivity contribution in [2.24, 2.45) is 10.9 Å². The minimum Gasteiger partial charge on any atom is -0.317 e. The van der Waals surface area contributed by atoms with Crippen LogP contribution >= 0.6 is 53.2 Å². The predicted octanol–water partition coefficient (Wildman–Crippen LogP) is 4.64. The number of nitrogens with one attached hydrogen (secondary N) is 1. The Kier molecular flexibility index (Phi) is 9.04. The maximum atomic E-state index is 4.49. The van der Waals surface area contributed by atoms with Crippen molar-refractivity contribution in [3.63, 3.8) is 0 Å². The van der Waals surface area contributed by atoms with Gasteiger partial charge in [0.1, 0.15) is 0 Å². The van der Waals surface area contributed by atoms with E-state index in [1.54, 1.807) is 0 Å². The maximum Gasteiger partial charge on any atom is 0.0448 e. The molecule has 0 bridgehead atoms. The molecule has 1 fully saturated rings. The van der Waals surface area contributed by atoms with E-state index in [9.17, 15) is 0 Å². The zero-order valence-corrected chi connectivity index (χ0v) is 16.2. The van der Waals surface area contributed by atoms with Gasteiger partial charge in [0.15, 0.2) is 0 Å². The Morgan fingerprint density at radius 1 is 1.22 bits per heavy atom. The molecule has 1 aromatic carbocycles. The van der Waals surface area contributed by atoms with Crippen LogP contribution < -0.4 is 5.32 Å². The molecule has 0 aliphatic carbocycles. The number of hydrogen-bond acceptors (Lipinski definition) is 2. The van der Waals surface area contributed by atoms with Gasteiger partial charge in [0, 0.05) is 60.4 Å². The van der Waals surface area contributed by atoms with Crippen molar-refractivity contribution in [1.82, 2.24) is 5.32 Å². The van der Waals surface area contributed by atoms with E-state index >= 15 is 0 Å². The molecule has 5 heteroatoms. The first-order valence-electron chi connectivity index (χ1n) is 5.89. The molecule has 2 nitrogen and oxygen atoms in total. The van der Waals surface area contributed by atoms with E-state index < -0.39 is 0 Å². The van der Waals surface area contributed by atoms with Crippen LogP contribution in [0.1, 0.15) is 18.4 Å². The average Bonchev–Trinajstić information content (AvgIpc) is 2.45. The summed E-state index contributed by atoms with van der Waals surface area (Å²) in [6, 6.07) is 8.46. The highest BCUT2D eigenvalue weighted by Gasteiger charge is 2.19. The van der Waals surface area contributed by atoms with Crippen molar-refractivity contribution in [2.45, 2.75) is 12.8 Å². The minimum atomic E-state index is 0.618. The van der Waals surface area contributed by atoms with Gasteiger partial charge < -0.3 is 5.32 Å². The molecule has 0 unspecified atom stereocenters. The van der Waals surface area contributed by atoms with Crippen LogP contribution in [-0.4, -0.2) is 25.8 Å². The number of benzene rings is 1. The van der Waals surface area contributed by atoms with Gasteiger partial charge in [-0.1, -0.05) is 28.1 Å². The van der Waals surface area contributed by atoms with Crippen molar-refractivity contribution < 1.29 is 0 Å². The SMILES string of the molecule is CN=C(c1ccc(Br)cc1)C1CCNCC1.II. The summed E-state index contributed by atoms with van der Waals surface area (Å²) in [5, 5.41) is 3.39. The number of hydrogen-bond donors (Lipinski definition) is 1. The van der Waals surface area contributed by atoms with Crippen molar-refractivity contribution >= 4 is 58.9 Å². The number of piperidine rings is 1. The molecule has 1 saturated heterocycles. The van der Waals surface area contributed by atoms with E-state index in [-0.39, 0.29) is 0 Å². The summed E-state index contributed by atoms with van der Waals surface area (Å²) >= 11 is 7.70. The topological polar surface area (TPSA) is 24.4 Å². The van der Waals surface area contributed by atoms with Gasteiger partial charge in [0.25, 0.3) is 0 Å². The van der Waals surface area contributed by atoms with Gasteiger partial charge >= 0.3 is 0 Å². The van der Waals surface area contributed by atoms with Gasteiger partial charge in [-0.25, -0.2) is 0 Å². The molecule has 0 spiro atoms. The molecule has 1 aromatic rings. The molecule has 2 rings (SSSR count). The molecule has 100 valence electrons. The number of halogens is 3. The van der Waals surface area contributed by atoms with Crippen LogP contribution in [0.3, 0.4) is 0 Å². The number of rotatable bonds is 2. The molecule has 0 radical (unpaired) electrons. The maximum absolute atomic E-state index is 4.49. The number of aliphatic imine (C=N–C) groups is 1. The Labute approximate surface area is 141 Å². The van der Waals surface area contributed by atoms with E-state index in [1.165, 1.54) is 24.1 Å². The smallest absolute Gasteiger partial charge is 0.0448 e. The molecule has 1 aliphatic heterocycles. The largest absolute Gasteiger partial charge is 0.317 e. The predicted molar refractivity (Wildman–Crippen MR) is 100 cm³/mol. The summed E-state index contributed by atoms with van der Waals surface area (Å²) in [5.41, 5.74) is 2.52. The van der Waals surface area contributed by atoms with Gasteiger partial charge in [-0.15, -0.1) is 0 Å². The van der Waals surface area contributed by atoms with E-state index in [1.807, 2.05) is 7.05 Å². The first kappa shape index (κ1) is 16.8. The Balaban J connectivity index is 0.000000771. The van der Waals surface area contributed by atoms with E-state index in [0.717, 1.165) is 17.6 Å². The first-order chi connectivity index (χ1) is 8.81. The lowest BCUT2D eigenvalue weighted by atomic mass is 9.89. The van der Waals surface area contributed by atoms with Crippen molar-refractivity contribution in [3.8, 4) is 0 Å². The van der Waals surface area contributed by atoms with Crippen LogP contribution in [0.25, 0.3) is 0 Å². The average molecular weight is 535 g/mol. The van der Waals surface area contributed by atoms with Crippen LogP contribution in [0.15, 0.2) is 33.7 Å². The molecule has 18 heavy (non-hydrogen) atoms. The summed E-state index contributed by atoms with van der Waals surface area (Å²) in [6.07, 6.45) is 2.39. The fraction of sp³-hybridized carbons (Fsp3) is 0.462. The lowest BCUT2D eigenvalue weighted by molar-refractivity contribution is 0.457. The highest BCUT2D eigenvalue weighted by atomic mass is 128. The molecule has 0 amide bonds. The third kappa shape index (κ3) is 5.05. The summed E-state index contributed by atoms with van der Waals surface area (Å²) in [7, 11) is 1.90. The standard InChI is InChI=1S/C13H17BrN2.I2/c1-15-13(11-6-8-16-9-7-11)10-2-4-12(14)5-3-10;1-2/h2-5,11,16H,6-9H2,1H3;. The second kappa shape index (κ2) is 9.66. The molecular weight excluding hydrogens is 518 g/mol. The van der Waals surface area contributed by atoms with Crippen molar-refractivity contribution in [1.29, 1.82) is 0 Å². The minimum absolute atomic E-state index is 0.618. The van der Waals surface area contributed by atoms with Gasteiger partial charge in [-0.05, 0) is 43.6 Å². The second-order valence-electron chi connectivity index (χ2n) is 4.14. The molecule has 1 N–H and O–H groups in total. The monoisotopic (exact) mass is 534 g/mol. The fourth-order valence-electron chi connectivity index (χ4n) is 2.26. The fourth-order valence-corrected chi connectivity index (χ4v) is 2.53. The van der Waals surface area contributed by atoms with Crippen LogP contribution in [0.2, 0.25) is 0 Å². The zero-order chi connectivity index (χ0) is 13.4. The summed E-state index contributed by atoms with van der Waals surface area (Å²) in [5.74, 6) is 0.618. The molecule has 0 saturated carbocycles. The van der Waals surface area contributed by atoms with Crippen LogP contribution in [-0.2, 0) is 0 Å². The lowest BCUT2D eigenvalue weighted by Crippen LogP contribution is -2.32. The summed E-state index contributed by atoms with van der Waals surface area (Å²) < 4.78 is 1.12.